The van der Waals surface area contributed by atoms with Crippen molar-refractivity contribution in [1.82, 2.24) is 9.88 Å². The summed E-state index contributed by atoms with van der Waals surface area (Å²) in [6.45, 7) is 3.75. The van der Waals surface area contributed by atoms with Gasteiger partial charge < -0.3 is 10.1 Å². The Hall–Kier alpha value is -2.40. The van der Waals surface area contributed by atoms with Gasteiger partial charge in [0.05, 0.1) is 13.2 Å². The Bertz CT molecular complexity index is 599. The molecule has 0 aliphatic heterocycles. The van der Waals surface area contributed by atoms with Crippen molar-refractivity contribution in [2.24, 2.45) is 0 Å². The number of hydrogen-bond acceptors (Lipinski definition) is 4. The number of benzene rings is 1. The van der Waals surface area contributed by atoms with E-state index in [4.69, 9.17) is 4.74 Å². The molecule has 0 bridgehead atoms. The van der Waals surface area contributed by atoms with Gasteiger partial charge in [0.25, 0.3) is 0 Å². The molecule has 0 radical (unpaired) electrons. The summed E-state index contributed by atoms with van der Waals surface area (Å²) in [4.78, 5) is 18.1. The molecule has 0 saturated carbocycles. The van der Waals surface area contributed by atoms with Crippen LogP contribution < -0.4 is 10.1 Å². The molecule has 2 rings (SSSR count). The third-order valence-electron chi connectivity index (χ3n) is 3.39. The zero-order chi connectivity index (χ0) is 16.5. The summed E-state index contributed by atoms with van der Waals surface area (Å²) in [5.74, 6) is 0.784. The number of carbonyl (C=O) groups excluding carboxylic acids is 1. The number of hydrogen-bond donors (Lipinski definition) is 1. The van der Waals surface area contributed by atoms with E-state index in [1.54, 1.807) is 12.4 Å². The first kappa shape index (κ1) is 17.0. The molecule has 0 unspecified atom stereocenters. The minimum absolute atomic E-state index is 0.0219. The summed E-state index contributed by atoms with van der Waals surface area (Å²) in [6.07, 6.45) is 4.47. The van der Waals surface area contributed by atoms with Crippen molar-refractivity contribution in [3.8, 4) is 5.75 Å². The molecule has 23 heavy (non-hydrogen) atoms. The van der Waals surface area contributed by atoms with Crippen LogP contribution in [0.4, 0.5) is 5.69 Å². The highest BCUT2D eigenvalue weighted by Gasteiger charge is 2.07. The standard InChI is InChI=1S/C18H23N3O2/c1-3-23-17-6-4-16(5-7-17)20-18(22)14-21(2)13-10-15-8-11-19-12-9-15/h4-9,11-12H,3,10,13-14H2,1-2H3,(H,20,22). The monoisotopic (exact) mass is 313 g/mol. The Kier molecular flexibility index (Phi) is 6.56. The van der Waals surface area contributed by atoms with Gasteiger partial charge in [-0.1, -0.05) is 0 Å². The van der Waals surface area contributed by atoms with E-state index in [0.717, 1.165) is 24.4 Å². The number of aromatic nitrogens is 1. The largest absolute Gasteiger partial charge is 0.494 e. The van der Waals surface area contributed by atoms with Crippen LogP contribution in [0.5, 0.6) is 5.75 Å². The van der Waals surface area contributed by atoms with E-state index in [1.165, 1.54) is 5.56 Å². The molecule has 1 amide bonds. The smallest absolute Gasteiger partial charge is 0.238 e. The fourth-order valence-corrected chi connectivity index (χ4v) is 2.20. The van der Waals surface area contributed by atoms with E-state index in [-0.39, 0.29) is 5.91 Å². The molecule has 1 heterocycles. The molecule has 1 aromatic heterocycles. The minimum Gasteiger partial charge on any atom is -0.494 e. The molecular weight excluding hydrogens is 290 g/mol. The number of ether oxygens (including phenoxy) is 1. The molecular formula is C18H23N3O2. The Morgan fingerprint density at radius 2 is 1.87 bits per heavy atom. The molecule has 1 N–H and O–H groups in total. The molecule has 0 atom stereocenters. The molecule has 5 nitrogen and oxygen atoms in total. The van der Waals surface area contributed by atoms with Crippen LogP contribution in [-0.4, -0.2) is 42.5 Å². The minimum atomic E-state index is -0.0219. The van der Waals surface area contributed by atoms with Crippen molar-refractivity contribution in [2.75, 3.05) is 32.1 Å². The van der Waals surface area contributed by atoms with Crippen LogP contribution in [0, 0.1) is 0 Å². The number of carbonyl (C=O) groups is 1. The van der Waals surface area contributed by atoms with Crippen molar-refractivity contribution in [3.63, 3.8) is 0 Å². The zero-order valence-corrected chi connectivity index (χ0v) is 13.7. The van der Waals surface area contributed by atoms with Gasteiger partial charge in [0, 0.05) is 24.6 Å². The van der Waals surface area contributed by atoms with E-state index in [1.807, 2.05) is 55.3 Å². The van der Waals surface area contributed by atoms with Gasteiger partial charge in [-0.25, -0.2) is 0 Å². The van der Waals surface area contributed by atoms with Crippen molar-refractivity contribution >= 4 is 11.6 Å². The van der Waals surface area contributed by atoms with Crippen LogP contribution in [0.25, 0.3) is 0 Å². The van der Waals surface area contributed by atoms with E-state index >= 15 is 0 Å². The van der Waals surface area contributed by atoms with Crippen LogP contribution in [0.1, 0.15) is 12.5 Å². The highest BCUT2D eigenvalue weighted by molar-refractivity contribution is 5.92. The van der Waals surface area contributed by atoms with Gasteiger partial charge in [-0.05, 0) is 62.4 Å². The van der Waals surface area contributed by atoms with Crippen molar-refractivity contribution in [3.05, 3.63) is 54.4 Å². The quantitative estimate of drug-likeness (QED) is 0.814. The Labute approximate surface area is 137 Å². The maximum absolute atomic E-state index is 12.1. The molecule has 0 aliphatic carbocycles. The van der Waals surface area contributed by atoms with E-state index in [9.17, 15) is 4.79 Å². The van der Waals surface area contributed by atoms with Crippen LogP contribution in [-0.2, 0) is 11.2 Å². The van der Waals surface area contributed by atoms with Gasteiger partial charge in [-0.2, -0.15) is 0 Å². The highest BCUT2D eigenvalue weighted by atomic mass is 16.5. The maximum atomic E-state index is 12.1. The Morgan fingerprint density at radius 1 is 1.17 bits per heavy atom. The van der Waals surface area contributed by atoms with E-state index in [2.05, 4.69) is 10.3 Å². The first-order chi connectivity index (χ1) is 11.2. The van der Waals surface area contributed by atoms with Gasteiger partial charge in [0.15, 0.2) is 0 Å². The van der Waals surface area contributed by atoms with Gasteiger partial charge in [-0.15, -0.1) is 0 Å². The van der Waals surface area contributed by atoms with Crippen LogP contribution >= 0.6 is 0 Å². The average Bonchev–Trinajstić information content (AvgIpc) is 2.56. The van der Waals surface area contributed by atoms with Crippen molar-refractivity contribution in [1.29, 1.82) is 0 Å². The summed E-state index contributed by atoms with van der Waals surface area (Å²) in [5.41, 5.74) is 2.00. The van der Waals surface area contributed by atoms with Gasteiger partial charge >= 0.3 is 0 Å². The molecule has 2 aromatic rings. The van der Waals surface area contributed by atoms with E-state index in [0.29, 0.717) is 13.2 Å². The molecule has 0 spiro atoms. The van der Waals surface area contributed by atoms with Crippen LogP contribution in [0.15, 0.2) is 48.8 Å². The number of rotatable bonds is 8. The van der Waals surface area contributed by atoms with Gasteiger partial charge in [0.2, 0.25) is 5.91 Å². The van der Waals surface area contributed by atoms with Crippen LogP contribution in [0.3, 0.4) is 0 Å². The van der Waals surface area contributed by atoms with Crippen molar-refractivity contribution in [2.45, 2.75) is 13.3 Å². The number of likely N-dealkylation sites (N-methyl/N-ethyl adjacent to an activating group) is 1. The SMILES string of the molecule is CCOc1ccc(NC(=O)CN(C)CCc2ccncc2)cc1. The predicted octanol–water partition coefficient (Wildman–Crippen LogP) is 2.59. The number of pyridine rings is 1. The summed E-state index contributed by atoms with van der Waals surface area (Å²) in [6, 6.07) is 11.4. The molecule has 0 aliphatic rings. The van der Waals surface area contributed by atoms with Crippen LogP contribution in [0.2, 0.25) is 0 Å². The molecule has 122 valence electrons. The second-order valence-corrected chi connectivity index (χ2v) is 5.35. The first-order valence-electron chi connectivity index (χ1n) is 7.77. The number of amides is 1. The van der Waals surface area contributed by atoms with Gasteiger partial charge in [0.1, 0.15) is 5.75 Å². The summed E-state index contributed by atoms with van der Waals surface area (Å²) >= 11 is 0. The maximum Gasteiger partial charge on any atom is 0.238 e. The normalized spacial score (nSPS) is 10.6. The number of nitrogens with zero attached hydrogens (tertiary/aromatic N) is 2. The lowest BCUT2D eigenvalue weighted by Gasteiger charge is -2.16. The van der Waals surface area contributed by atoms with Crippen molar-refractivity contribution < 1.29 is 9.53 Å². The summed E-state index contributed by atoms with van der Waals surface area (Å²) in [5, 5.41) is 2.89. The molecule has 5 heteroatoms. The second kappa shape index (κ2) is 8.90. The third kappa shape index (κ3) is 6.08. The lowest BCUT2D eigenvalue weighted by molar-refractivity contribution is -0.117. The average molecular weight is 313 g/mol. The predicted molar refractivity (Wildman–Crippen MR) is 91.7 cm³/mol. The molecule has 1 aromatic carbocycles. The Morgan fingerprint density at radius 3 is 2.52 bits per heavy atom. The summed E-state index contributed by atoms with van der Waals surface area (Å²) in [7, 11) is 1.94. The number of nitrogens with one attached hydrogen (secondary N) is 1. The fourth-order valence-electron chi connectivity index (χ4n) is 2.20. The Balaban J connectivity index is 1.75. The van der Waals surface area contributed by atoms with Gasteiger partial charge in [-0.3, -0.25) is 14.7 Å². The zero-order valence-electron chi connectivity index (χ0n) is 13.7. The fraction of sp³-hybridized carbons (Fsp3) is 0.333. The highest BCUT2D eigenvalue weighted by Crippen LogP contribution is 2.15. The third-order valence-corrected chi connectivity index (χ3v) is 3.39. The first-order valence-corrected chi connectivity index (χ1v) is 7.77. The number of anilines is 1. The lowest BCUT2D eigenvalue weighted by Crippen LogP contribution is -2.31. The molecule has 0 saturated heterocycles. The lowest BCUT2D eigenvalue weighted by atomic mass is 10.2. The topological polar surface area (TPSA) is 54.5 Å². The summed E-state index contributed by atoms with van der Waals surface area (Å²) < 4.78 is 5.38. The molecule has 0 fully saturated rings. The van der Waals surface area contributed by atoms with E-state index < -0.39 is 0 Å². The second-order valence-electron chi connectivity index (χ2n) is 5.35.